The van der Waals surface area contributed by atoms with Crippen molar-refractivity contribution in [1.29, 1.82) is 0 Å². The maximum atomic E-state index is 14.1. The summed E-state index contributed by atoms with van der Waals surface area (Å²) in [5.41, 5.74) is 1.04. The highest BCUT2D eigenvalue weighted by Gasteiger charge is 2.10. The number of hydrogen-bond acceptors (Lipinski definition) is 4. The third-order valence-corrected chi connectivity index (χ3v) is 3.29. The Labute approximate surface area is 131 Å². The van der Waals surface area contributed by atoms with Gasteiger partial charge in [0.05, 0.1) is 12.6 Å². The number of halogens is 1. The highest BCUT2D eigenvalue weighted by Crippen LogP contribution is 2.32. The molecule has 0 fully saturated rings. The van der Waals surface area contributed by atoms with E-state index in [0.717, 1.165) is 5.39 Å². The molecule has 0 aliphatic heterocycles. The van der Waals surface area contributed by atoms with Crippen LogP contribution in [0.3, 0.4) is 0 Å². The van der Waals surface area contributed by atoms with Gasteiger partial charge in [0.25, 0.3) is 0 Å². The zero-order valence-electron chi connectivity index (χ0n) is 12.2. The molecule has 2 aromatic carbocycles. The first kappa shape index (κ1) is 14.8. The van der Waals surface area contributed by atoms with E-state index in [4.69, 9.17) is 9.47 Å². The van der Waals surface area contributed by atoms with Gasteiger partial charge in [0.1, 0.15) is 11.5 Å². The van der Waals surface area contributed by atoms with E-state index in [1.807, 2.05) is 0 Å². The van der Waals surface area contributed by atoms with Gasteiger partial charge in [0.15, 0.2) is 11.6 Å². The summed E-state index contributed by atoms with van der Waals surface area (Å²) in [5.74, 6) is 0.644. The van der Waals surface area contributed by atoms with Crippen molar-refractivity contribution in [2.24, 2.45) is 0 Å². The second-order valence-corrected chi connectivity index (χ2v) is 4.70. The van der Waals surface area contributed by atoms with Crippen molar-refractivity contribution in [2.45, 2.75) is 0 Å². The number of benzene rings is 2. The van der Waals surface area contributed by atoms with Gasteiger partial charge in [-0.1, -0.05) is 0 Å². The molecule has 0 aliphatic rings. The molecule has 0 aliphatic carbocycles. The van der Waals surface area contributed by atoms with Crippen molar-refractivity contribution in [3.05, 3.63) is 54.5 Å². The van der Waals surface area contributed by atoms with Gasteiger partial charge in [0, 0.05) is 29.4 Å². The summed E-state index contributed by atoms with van der Waals surface area (Å²) in [6.07, 6.45) is 2.07. The van der Waals surface area contributed by atoms with Crippen molar-refractivity contribution in [3.8, 4) is 17.2 Å². The lowest BCUT2D eigenvalue weighted by atomic mass is 10.2. The smallest absolute Gasteiger partial charge is 0.211 e. The van der Waals surface area contributed by atoms with Crippen LogP contribution in [0.4, 0.5) is 10.1 Å². The molecule has 5 nitrogen and oxygen atoms in total. The molecule has 0 bridgehead atoms. The van der Waals surface area contributed by atoms with E-state index in [1.165, 1.54) is 12.1 Å². The minimum absolute atomic E-state index is 0.0600. The minimum atomic E-state index is -0.574. The molecule has 1 aromatic heterocycles. The Morgan fingerprint density at radius 3 is 2.74 bits per heavy atom. The summed E-state index contributed by atoms with van der Waals surface area (Å²) in [7, 11) is 1.58. The first-order chi connectivity index (χ1) is 11.2. The molecule has 116 valence electrons. The fraction of sp³-hybridized carbons (Fsp3) is 0.0588. The normalized spacial score (nSPS) is 10.3. The molecule has 0 saturated carbocycles. The molecule has 0 atom stereocenters. The van der Waals surface area contributed by atoms with E-state index in [2.05, 4.69) is 10.3 Å². The van der Waals surface area contributed by atoms with Gasteiger partial charge >= 0.3 is 0 Å². The van der Waals surface area contributed by atoms with Crippen LogP contribution in [0.2, 0.25) is 0 Å². The number of anilines is 1. The maximum Gasteiger partial charge on any atom is 0.211 e. The molecule has 1 amide bonds. The van der Waals surface area contributed by atoms with E-state index in [0.29, 0.717) is 29.1 Å². The van der Waals surface area contributed by atoms with E-state index < -0.39 is 5.82 Å². The van der Waals surface area contributed by atoms with Gasteiger partial charge in [0.2, 0.25) is 6.41 Å². The van der Waals surface area contributed by atoms with Gasteiger partial charge in [-0.15, -0.1) is 0 Å². The van der Waals surface area contributed by atoms with Crippen molar-refractivity contribution in [3.63, 3.8) is 0 Å². The number of amides is 1. The second-order valence-electron chi connectivity index (χ2n) is 4.70. The standard InChI is InChI=1S/C17H13FN2O3/c1-22-12-3-4-13-15(9-12)19-7-6-16(13)23-17-5-2-11(20-10-21)8-14(17)18/h2-10H,1H3,(H,20,21). The van der Waals surface area contributed by atoms with E-state index in [9.17, 15) is 9.18 Å². The number of aromatic nitrogens is 1. The van der Waals surface area contributed by atoms with Crippen molar-refractivity contribution >= 4 is 23.0 Å². The minimum Gasteiger partial charge on any atom is -0.497 e. The van der Waals surface area contributed by atoms with Gasteiger partial charge in [-0.25, -0.2) is 4.39 Å². The van der Waals surface area contributed by atoms with Crippen LogP contribution in [0.1, 0.15) is 0 Å². The number of fused-ring (bicyclic) bond motifs is 1. The molecule has 0 unspecified atom stereocenters. The van der Waals surface area contributed by atoms with Crippen LogP contribution < -0.4 is 14.8 Å². The first-order valence-electron chi connectivity index (χ1n) is 6.81. The number of nitrogens with one attached hydrogen (secondary N) is 1. The summed E-state index contributed by atoms with van der Waals surface area (Å²) < 4.78 is 24.9. The number of rotatable bonds is 5. The highest BCUT2D eigenvalue weighted by molar-refractivity contribution is 5.86. The SMILES string of the molecule is COc1ccc2c(Oc3ccc(NC=O)cc3F)ccnc2c1. The largest absolute Gasteiger partial charge is 0.497 e. The predicted octanol–water partition coefficient (Wildman–Crippen LogP) is 3.74. The van der Waals surface area contributed by atoms with Gasteiger partial charge < -0.3 is 14.8 Å². The van der Waals surface area contributed by atoms with Crippen molar-refractivity contribution < 1.29 is 18.7 Å². The third kappa shape index (κ3) is 3.06. The van der Waals surface area contributed by atoms with E-state index in [1.54, 1.807) is 43.6 Å². The molecule has 6 heteroatoms. The van der Waals surface area contributed by atoms with E-state index in [-0.39, 0.29) is 5.75 Å². The van der Waals surface area contributed by atoms with Crippen LogP contribution in [-0.2, 0) is 4.79 Å². The second kappa shape index (κ2) is 6.31. The number of hydrogen-bond donors (Lipinski definition) is 1. The lowest BCUT2D eigenvalue weighted by molar-refractivity contribution is -0.105. The molecular formula is C17H13FN2O3. The Balaban J connectivity index is 1.97. The van der Waals surface area contributed by atoms with Crippen molar-refractivity contribution in [1.82, 2.24) is 4.98 Å². The summed E-state index contributed by atoms with van der Waals surface area (Å²) in [6, 6.07) is 11.2. The van der Waals surface area contributed by atoms with Crippen LogP contribution in [0.25, 0.3) is 10.9 Å². The Kier molecular flexibility index (Phi) is 4.05. The van der Waals surface area contributed by atoms with Crippen LogP contribution in [-0.4, -0.2) is 18.5 Å². The fourth-order valence-corrected chi connectivity index (χ4v) is 2.18. The molecule has 23 heavy (non-hydrogen) atoms. The maximum absolute atomic E-state index is 14.1. The Morgan fingerprint density at radius 2 is 2.00 bits per heavy atom. The highest BCUT2D eigenvalue weighted by atomic mass is 19.1. The van der Waals surface area contributed by atoms with Crippen LogP contribution >= 0.6 is 0 Å². The Bertz CT molecular complexity index is 868. The molecule has 3 rings (SSSR count). The fourth-order valence-electron chi connectivity index (χ4n) is 2.18. The summed E-state index contributed by atoms with van der Waals surface area (Å²) in [6.45, 7) is 0. The number of pyridine rings is 1. The molecule has 0 radical (unpaired) electrons. The quantitative estimate of drug-likeness (QED) is 0.729. The first-order valence-corrected chi connectivity index (χ1v) is 6.81. The van der Waals surface area contributed by atoms with Crippen LogP contribution in [0.15, 0.2) is 48.7 Å². The van der Waals surface area contributed by atoms with Crippen LogP contribution in [0.5, 0.6) is 17.2 Å². The van der Waals surface area contributed by atoms with E-state index >= 15 is 0 Å². The average Bonchev–Trinajstić information content (AvgIpc) is 2.57. The summed E-state index contributed by atoms with van der Waals surface area (Å²) >= 11 is 0. The molecule has 0 saturated heterocycles. The predicted molar refractivity (Wildman–Crippen MR) is 84.5 cm³/mol. The molecular weight excluding hydrogens is 299 g/mol. The zero-order valence-corrected chi connectivity index (χ0v) is 12.2. The Hall–Kier alpha value is -3.15. The molecule has 1 heterocycles. The van der Waals surface area contributed by atoms with Crippen LogP contribution in [0, 0.1) is 5.82 Å². The van der Waals surface area contributed by atoms with Gasteiger partial charge in [-0.05, 0) is 30.3 Å². The molecule has 3 aromatic rings. The zero-order chi connectivity index (χ0) is 16.2. The summed E-state index contributed by atoms with van der Waals surface area (Å²) in [4.78, 5) is 14.6. The lowest BCUT2D eigenvalue weighted by Gasteiger charge is -2.11. The number of carbonyl (C=O) groups excluding carboxylic acids is 1. The Morgan fingerprint density at radius 1 is 1.13 bits per heavy atom. The number of carbonyl (C=O) groups is 1. The monoisotopic (exact) mass is 312 g/mol. The van der Waals surface area contributed by atoms with Gasteiger partial charge in [-0.3, -0.25) is 9.78 Å². The third-order valence-electron chi connectivity index (χ3n) is 3.29. The number of methoxy groups -OCH3 is 1. The molecule has 0 spiro atoms. The average molecular weight is 312 g/mol. The van der Waals surface area contributed by atoms with Crippen molar-refractivity contribution in [2.75, 3.05) is 12.4 Å². The number of ether oxygens (including phenoxy) is 2. The topological polar surface area (TPSA) is 60.5 Å². The lowest BCUT2D eigenvalue weighted by Crippen LogP contribution is -1.96. The summed E-state index contributed by atoms with van der Waals surface area (Å²) in [5, 5.41) is 3.12. The number of nitrogens with zero attached hydrogens (tertiary/aromatic N) is 1. The molecule has 1 N–H and O–H groups in total. The van der Waals surface area contributed by atoms with Gasteiger partial charge in [-0.2, -0.15) is 0 Å².